The van der Waals surface area contributed by atoms with Gasteiger partial charge in [0.1, 0.15) is 6.61 Å². The summed E-state index contributed by atoms with van der Waals surface area (Å²) >= 11 is 0. The van der Waals surface area contributed by atoms with Crippen LogP contribution in [0.1, 0.15) is 31.4 Å². The average Bonchev–Trinajstić information content (AvgIpc) is 2.68. The summed E-state index contributed by atoms with van der Waals surface area (Å²) in [6, 6.07) is 8.32. The van der Waals surface area contributed by atoms with E-state index in [1.165, 1.54) is 25.1 Å². The molecule has 0 unspecified atom stereocenters. The predicted molar refractivity (Wildman–Crippen MR) is 74.1 cm³/mol. The van der Waals surface area contributed by atoms with Gasteiger partial charge in [0.25, 0.3) is 0 Å². The van der Waals surface area contributed by atoms with Crippen molar-refractivity contribution in [3.05, 3.63) is 35.4 Å². The van der Waals surface area contributed by atoms with E-state index in [0.29, 0.717) is 5.41 Å². The Morgan fingerprint density at radius 1 is 1.28 bits per heavy atom. The molecular formula is C16H21NO. The first-order chi connectivity index (χ1) is 8.59. The molecule has 1 aliphatic heterocycles. The van der Waals surface area contributed by atoms with Crippen molar-refractivity contribution in [3.8, 4) is 11.8 Å². The van der Waals surface area contributed by atoms with Gasteiger partial charge in [-0.15, -0.1) is 0 Å². The maximum atomic E-state index is 8.64. The van der Waals surface area contributed by atoms with Gasteiger partial charge in [0.05, 0.1) is 0 Å². The molecule has 96 valence electrons. The minimum atomic E-state index is -0.0788. The number of aliphatic hydroxyl groups excluding tert-OH is 1. The van der Waals surface area contributed by atoms with E-state index in [1.54, 1.807) is 0 Å². The lowest BCUT2D eigenvalue weighted by atomic mass is 9.93. The molecule has 2 heteroatoms. The van der Waals surface area contributed by atoms with Crippen molar-refractivity contribution in [3.63, 3.8) is 0 Å². The number of benzene rings is 1. The van der Waals surface area contributed by atoms with Crippen molar-refractivity contribution in [2.45, 2.75) is 26.8 Å². The van der Waals surface area contributed by atoms with Gasteiger partial charge in [0, 0.05) is 18.7 Å². The lowest BCUT2D eigenvalue weighted by Crippen LogP contribution is -2.22. The zero-order valence-electron chi connectivity index (χ0n) is 11.2. The van der Waals surface area contributed by atoms with E-state index < -0.39 is 0 Å². The number of hydrogen-bond acceptors (Lipinski definition) is 2. The van der Waals surface area contributed by atoms with E-state index >= 15 is 0 Å². The largest absolute Gasteiger partial charge is 0.384 e. The third kappa shape index (κ3) is 3.60. The predicted octanol–water partition coefficient (Wildman–Crippen LogP) is 2.26. The molecule has 1 aliphatic rings. The summed E-state index contributed by atoms with van der Waals surface area (Å²) in [5.41, 5.74) is 2.77. The SMILES string of the molecule is CC1(C)CCN(Cc2ccc(C#CCO)cc2)C1. The quantitative estimate of drug-likeness (QED) is 0.805. The average molecular weight is 243 g/mol. The van der Waals surface area contributed by atoms with Crippen molar-refractivity contribution < 1.29 is 5.11 Å². The summed E-state index contributed by atoms with van der Waals surface area (Å²) in [7, 11) is 0. The van der Waals surface area contributed by atoms with Gasteiger partial charge in [-0.3, -0.25) is 4.90 Å². The summed E-state index contributed by atoms with van der Waals surface area (Å²) in [5, 5.41) is 8.64. The van der Waals surface area contributed by atoms with Crippen LogP contribution in [0.5, 0.6) is 0 Å². The highest BCUT2D eigenvalue weighted by Crippen LogP contribution is 2.29. The first-order valence-corrected chi connectivity index (χ1v) is 6.50. The van der Waals surface area contributed by atoms with Gasteiger partial charge in [-0.25, -0.2) is 0 Å². The highest BCUT2D eigenvalue weighted by Gasteiger charge is 2.28. The molecule has 0 aromatic heterocycles. The molecule has 1 fully saturated rings. The van der Waals surface area contributed by atoms with Crippen LogP contribution in [0.4, 0.5) is 0 Å². The molecule has 0 bridgehead atoms. The number of nitrogens with zero attached hydrogens (tertiary/aromatic N) is 1. The molecule has 2 nitrogen and oxygen atoms in total. The zero-order valence-corrected chi connectivity index (χ0v) is 11.2. The van der Waals surface area contributed by atoms with Gasteiger partial charge in [0.15, 0.2) is 0 Å². The van der Waals surface area contributed by atoms with Gasteiger partial charge in [-0.2, -0.15) is 0 Å². The minimum absolute atomic E-state index is 0.0788. The highest BCUT2D eigenvalue weighted by atomic mass is 16.2. The molecule has 1 N–H and O–H groups in total. The number of hydrogen-bond donors (Lipinski definition) is 1. The van der Waals surface area contributed by atoms with Crippen molar-refractivity contribution in [1.82, 2.24) is 4.90 Å². The van der Waals surface area contributed by atoms with E-state index in [4.69, 9.17) is 5.11 Å². The Morgan fingerprint density at radius 3 is 2.56 bits per heavy atom. The second kappa shape index (κ2) is 5.56. The van der Waals surface area contributed by atoms with Gasteiger partial charge in [-0.1, -0.05) is 37.8 Å². The van der Waals surface area contributed by atoms with E-state index in [0.717, 1.165) is 12.1 Å². The first-order valence-electron chi connectivity index (χ1n) is 6.50. The summed E-state index contributed by atoms with van der Waals surface area (Å²) in [6.45, 7) is 7.99. The van der Waals surface area contributed by atoms with Crippen molar-refractivity contribution in [2.75, 3.05) is 19.7 Å². The molecule has 1 aromatic rings. The molecule has 1 aromatic carbocycles. The van der Waals surface area contributed by atoms with Crippen LogP contribution in [0, 0.1) is 17.3 Å². The molecule has 1 heterocycles. The Hall–Kier alpha value is -1.30. The number of rotatable bonds is 2. The molecule has 0 spiro atoms. The second-order valence-corrected chi connectivity index (χ2v) is 5.78. The van der Waals surface area contributed by atoms with E-state index in [-0.39, 0.29) is 6.61 Å². The first kappa shape index (κ1) is 13.1. The van der Waals surface area contributed by atoms with Gasteiger partial charge in [-0.05, 0) is 36.1 Å². The standard InChI is InChI=1S/C16H21NO/c1-16(2)9-10-17(13-16)12-15-7-5-14(6-8-15)4-3-11-18/h5-8,18H,9-13H2,1-2H3. The minimum Gasteiger partial charge on any atom is -0.384 e. The van der Waals surface area contributed by atoms with Crippen LogP contribution in [-0.4, -0.2) is 29.7 Å². The Labute approximate surface area is 110 Å². The van der Waals surface area contributed by atoms with Crippen LogP contribution in [0.3, 0.4) is 0 Å². The summed E-state index contributed by atoms with van der Waals surface area (Å²) < 4.78 is 0. The Kier molecular flexibility index (Phi) is 4.06. The molecule has 0 amide bonds. The summed E-state index contributed by atoms with van der Waals surface area (Å²) in [6.07, 6.45) is 1.28. The smallest absolute Gasteiger partial charge is 0.104 e. The monoisotopic (exact) mass is 243 g/mol. The fraction of sp³-hybridized carbons (Fsp3) is 0.500. The maximum absolute atomic E-state index is 8.64. The van der Waals surface area contributed by atoms with Gasteiger partial charge in [0.2, 0.25) is 0 Å². The molecule has 0 atom stereocenters. The molecule has 0 radical (unpaired) electrons. The third-order valence-electron chi connectivity index (χ3n) is 3.43. The summed E-state index contributed by atoms with van der Waals surface area (Å²) in [5.74, 6) is 5.58. The summed E-state index contributed by atoms with van der Waals surface area (Å²) in [4.78, 5) is 2.51. The molecular weight excluding hydrogens is 222 g/mol. The molecule has 1 saturated heterocycles. The fourth-order valence-corrected chi connectivity index (χ4v) is 2.45. The highest BCUT2D eigenvalue weighted by molar-refractivity contribution is 5.36. The fourth-order valence-electron chi connectivity index (χ4n) is 2.45. The van der Waals surface area contributed by atoms with Crippen LogP contribution in [0.2, 0.25) is 0 Å². The lowest BCUT2D eigenvalue weighted by Gasteiger charge is -2.19. The Bertz CT molecular complexity index is 450. The van der Waals surface area contributed by atoms with Crippen molar-refractivity contribution in [2.24, 2.45) is 5.41 Å². The van der Waals surface area contributed by atoms with E-state index in [2.05, 4.69) is 42.7 Å². The molecule has 18 heavy (non-hydrogen) atoms. The van der Waals surface area contributed by atoms with Crippen LogP contribution in [0.15, 0.2) is 24.3 Å². The van der Waals surface area contributed by atoms with Crippen LogP contribution in [0.25, 0.3) is 0 Å². The van der Waals surface area contributed by atoms with E-state index in [1.807, 2.05) is 12.1 Å². The van der Waals surface area contributed by atoms with E-state index in [9.17, 15) is 0 Å². The number of likely N-dealkylation sites (tertiary alicyclic amines) is 1. The van der Waals surface area contributed by atoms with Crippen molar-refractivity contribution >= 4 is 0 Å². The van der Waals surface area contributed by atoms with Crippen molar-refractivity contribution in [1.29, 1.82) is 0 Å². The Morgan fingerprint density at radius 2 is 2.00 bits per heavy atom. The third-order valence-corrected chi connectivity index (χ3v) is 3.43. The topological polar surface area (TPSA) is 23.5 Å². The normalized spacial score (nSPS) is 18.4. The lowest BCUT2D eigenvalue weighted by molar-refractivity contribution is 0.284. The van der Waals surface area contributed by atoms with Gasteiger partial charge >= 0.3 is 0 Å². The molecule has 0 aliphatic carbocycles. The molecule has 0 saturated carbocycles. The maximum Gasteiger partial charge on any atom is 0.104 e. The second-order valence-electron chi connectivity index (χ2n) is 5.78. The van der Waals surface area contributed by atoms with Crippen LogP contribution in [-0.2, 0) is 6.54 Å². The number of aliphatic hydroxyl groups is 1. The van der Waals surface area contributed by atoms with Crippen LogP contribution < -0.4 is 0 Å². The zero-order chi connectivity index (χ0) is 13.0. The Balaban J connectivity index is 1.95. The van der Waals surface area contributed by atoms with Gasteiger partial charge < -0.3 is 5.11 Å². The van der Waals surface area contributed by atoms with Crippen LogP contribution >= 0.6 is 0 Å². The molecule has 2 rings (SSSR count).